The number of hydrogen-bond acceptors (Lipinski definition) is 3. The molecule has 1 heterocycles. The largest absolute Gasteiger partial charge is 0.391 e. The molecule has 0 aliphatic heterocycles. The van der Waals surface area contributed by atoms with E-state index in [2.05, 4.69) is 15.5 Å². The van der Waals surface area contributed by atoms with Crippen molar-refractivity contribution in [2.75, 3.05) is 12.4 Å². The first-order chi connectivity index (χ1) is 8.43. The number of aromatic nitrogens is 3. The Labute approximate surface area is 104 Å². The fourth-order valence-corrected chi connectivity index (χ4v) is 2.59. The number of nitrogens with one attached hydrogen (secondary N) is 1. The van der Waals surface area contributed by atoms with Gasteiger partial charge in [-0.05, 0) is 25.7 Å². The fraction of sp³-hybridized carbons (Fsp3) is 0.818. The molecule has 1 aliphatic rings. The molecule has 102 valence electrons. The number of alkyl halides is 3. The third-order valence-corrected chi connectivity index (χ3v) is 3.69. The molecule has 0 bridgehead atoms. The van der Waals surface area contributed by atoms with Crippen LogP contribution in [0.3, 0.4) is 0 Å². The third-order valence-electron chi connectivity index (χ3n) is 3.69. The topological polar surface area (TPSA) is 42.7 Å². The third kappa shape index (κ3) is 2.44. The highest BCUT2D eigenvalue weighted by atomic mass is 19.4. The van der Waals surface area contributed by atoms with E-state index >= 15 is 0 Å². The minimum Gasteiger partial charge on any atom is -0.357 e. The van der Waals surface area contributed by atoms with Crippen LogP contribution in [0.15, 0.2) is 0 Å². The number of nitrogens with zero attached hydrogens (tertiary/aromatic N) is 3. The molecule has 18 heavy (non-hydrogen) atoms. The molecule has 0 radical (unpaired) electrons. The summed E-state index contributed by atoms with van der Waals surface area (Å²) >= 11 is 0. The Balaban J connectivity index is 2.03. The summed E-state index contributed by atoms with van der Waals surface area (Å²) in [6.45, 7) is 0. The first-order valence-electron chi connectivity index (χ1n) is 6.07. The highest BCUT2D eigenvalue weighted by molar-refractivity contribution is 5.25. The highest BCUT2D eigenvalue weighted by Gasteiger charge is 2.42. The van der Waals surface area contributed by atoms with Crippen LogP contribution < -0.4 is 5.32 Å². The van der Waals surface area contributed by atoms with Crippen molar-refractivity contribution in [1.82, 2.24) is 14.8 Å². The first kappa shape index (κ1) is 13.2. The molecule has 0 atom stereocenters. The van der Waals surface area contributed by atoms with Gasteiger partial charge in [0.05, 0.1) is 5.92 Å². The Morgan fingerprint density at radius 1 is 1.17 bits per heavy atom. The quantitative estimate of drug-likeness (QED) is 0.891. The maximum absolute atomic E-state index is 12.6. The molecule has 1 aromatic rings. The molecule has 4 nitrogen and oxygen atoms in total. The summed E-state index contributed by atoms with van der Waals surface area (Å²) in [5.41, 5.74) is 0. The van der Waals surface area contributed by atoms with E-state index in [0.717, 1.165) is 5.82 Å². The number of halogens is 3. The van der Waals surface area contributed by atoms with Gasteiger partial charge < -0.3 is 9.88 Å². The van der Waals surface area contributed by atoms with Crippen molar-refractivity contribution < 1.29 is 13.2 Å². The van der Waals surface area contributed by atoms with Crippen LogP contribution in [0.4, 0.5) is 19.1 Å². The number of rotatable bonds is 2. The van der Waals surface area contributed by atoms with E-state index in [1.54, 1.807) is 7.05 Å². The second-order valence-corrected chi connectivity index (χ2v) is 4.78. The van der Waals surface area contributed by atoms with Crippen molar-refractivity contribution in [2.24, 2.45) is 13.0 Å². The lowest BCUT2D eigenvalue weighted by molar-refractivity contribution is -0.182. The van der Waals surface area contributed by atoms with E-state index in [4.69, 9.17) is 0 Å². The van der Waals surface area contributed by atoms with Gasteiger partial charge >= 0.3 is 6.18 Å². The Morgan fingerprint density at radius 2 is 1.78 bits per heavy atom. The maximum Gasteiger partial charge on any atom is 0.391 e. The molecule has 0 amide bonds. The average molecular weight is 262 g/mol. The van der Waals surface area contributed by atoms with Crippen molar-refractivity contribution in [1.29, 1.82) is 0 Å². The van der Waals surface area contributed by atoms with E-state index in [-0.39, 0.29) is 18.8 Å². The molecule has 0 unspecified atom stereocenters. The molecule has 0 saturated heterocycles. The Bertz CT molecular complexity index is 405. The van der Waals surface area contributed by atoms with Crippen LogP contribution in [-0.4, -0.2) is 28.0 Å². The lowest BCUT2D eigenvalue weighted by Crippen LogP contribution is -2.27. The van der Waals surface area contributed by atoms with E-state index in [1.165, 1.54) is 0 Å². The maximum atomic E-state index is 12.6. The molecule has 1 N–H and O–H groups in total. The summed E-state index contributed by atoms with van der Waals surface area (Å²) in [5, 5.41) is 10.9. The normalized spacial score (nSPS) is 25.2. The SMILES string of the molecule is CNc1nnc(C2CCC(C(F)(F)F)CC2)n1C. The van der Waals surface area contributed by atoms with Gasteiger partial charge in [-0.1, -0.05) is 0 Å². The Morgan fingerprint density at radius 3 is 2.22 bits per heavy atom. The van der Waals surface area contributed by atoms with E-state index in [9.17, 15) is 13.2 Å². The Hall–Kier alpha value is -1.27. The minimum atomic E-state index is -4.05. The molecule has 1 aliphatic carbocycles. The summed E-state index contributed by atoms with van der Waals surface area (Å²) in [6, 6.07) is 0. The zero-order valence-electron chi connectivity index (χ0n) is 10.5. The van der Waals surface area contributed by atoms with Crippen molar-refractivity contribution in [3.63, 3.8) is 0 Å². The molecular formula is C11H17F3N4. The van der Waals surface area contributed by atoms with Gasteiger partial charge in [0.15, 0.2) is 0 Å². The minimum absolute atomic E-state index is 0.0863. The summed E-state index contributed by atoms with van der Waals surface area (Å²) < 4.78 is 39.5. The van der Waals surface area contributed by atoms with E-state index < -0.39 is 12.1 Å². The molecule has 1 saturated carbocycles. The standard InChI is InChI=1S/C11H17F3N4/c1-15-10-17-16-9(18(10)2)7-3-5-8(6-4-7)11(12,13)14/h7-8H,3-6H2,1-2H3,(H,15,17). The van der Waals surface area contributed by atoms with Gasteiger partial charge in [0.1, 0.15) is 5.82 Å². The zero-order valence-corrected chi connectivity index (χ0v) is 10.5. The highest BCUT2D eigenvalue weighted by Crippen LogP contribution is 2.42. The zero-order chi connectivity index (χ0) is 13.3. The van der Waals surface area contributed by atoms with Crippen LogP contribution in [0.1, 0.15) is 37.4 Å². The van der Waals surface area contributed by atoms with E-state index in [0.29, 0.717) is 18.8 Å². The molecule has 0 spiro atoms. The van der Waals surface area contributed by atoms with Gasteiger partial charge in [-0.25, -0.2) is 0 Å². The second kappa shape index (κ2) is 4.78. The Kier molecular flexibility index (Phi) is 3.49. The average Bonchev–Trinajstić information content (AvgIpc) is 2.69. The van der Waals surface area contributed by atoms with Crippen molar-refractivity contribution in [2.45, 2.75) is 37.8 Å². The molecule has 7 heteroatoms. The number of hydrogen-bond donors (Lipinski definition) is 1. The van der Waals surface area contributed by atoms with Crippen LogP contribution in [-0.2, 0) is 7.05 Å². The lowest BCUT2D eigenvalue weighted by Gasteiger charge is -2.29. The second-order valence-electron chi connectivity index (χ2n) is 4.78. The van der Waals surface area contributed by atoms with Crippen LogP contribution in [0.25, 0.3) is 0 Å². The van der Waals surface area contributed by atoms with Crippen molar-refractivity contribution >= 4 is 5.95 Å². The monoisotopic (exact) mass is 262 g/mol. The van der Waals surface area contributed by atoms with Gasteiger partial charge in [-0.3, -0.25) is 0 Å². The van der Waals surface area contributed by atoms with Crippen molar-refractivity contribution in [3.8, 4) is 0 Å². The van der Waals surface area contributed by atoms with Crippen LogP contribution in [0, 0.1) is 5.92 Å². The van der Waals surface area contributed by atoms with Gasteiger partial charge in [-0.2, -0.15) is 13.2 Å². The first-order valence-corrected chi connectivity index (χ1v) is 6.07. The van der Waals surface area contributed by atoms with Crippen LogP contribution >= 0.6 is 0 Å². The van der Waals surface area contributed by atoms with Gasteiger partial charge in [0.2, 0.25) is 5.95 Å². The summed E-state index contributed by atoms with van der Waals surface area (Å²) in [7, 11) is 3.57. The fourth-order valence-electron chi connectivity index (χ4n) is 2.59. The predicted molar refractivity (Wildman–Crippen MR) is 61.3 cm³/mol. The summed E-state index contributed by atoms with van der Waals surface area (Å²) in [6.07, 6.45) is -2.62. The number of anilines is 1. The van der Waals surface area contributed by atoms with E-state index in [1.807, 2.05) is 11.6 Å². The smallest absolute Gasteiger partial charge is 0.357 e. The van der Waals surface area contributed by atoms with Gasteiger partial charge in [0.25, 0.3) is 0 Å². The molecule has 0 aromatic carbocycles. The van der Waals surface area contributed by atoms with Gasteiger partial charge in [-0.15, -0.1) is 10.2 Å². The molecule has 1 aromatic heterocycles. The van der Waals surface area contributed by atoms with Gasteiger partial charge in [0, 0.05) is 20.0 Å². The summed E-state index contributed by atoms with van der Waals surface area (Å²) in [4.78, 5) is 0. The van der Waals surface area contributed by atoms with Crippen LogP contribution in [0.2, 0.25) is 0 Å². The molecule has 1 fully saturated rings. The van der Waals surface area contributed by atoms with Crippen LogP contribution in [0.5, 0.6) is 0 Å². The van der Waals surface area contributed by atoms with Crippen molar-refractivity contribution in [3.05, 3.63) is 5.82 Å². The molecule has 2 rings (SSSR count). The molecular weight excluding hydrogens is 245 g/mol. The lowest BCUT2D eigenvalue weighted by atomic mass is 9.81. The summed E-state index contributed by atoms with van der Waals surface area (Å²) in [5.74, 6) is 0.358. The predicted octanol–water partition coefficient (Wildman–Crippen LogP) is 2.69.